The third kappa shape index (κ3) is 2.70. The monoisotopic (exact) mass is 345 g/mol. The molecule has 0 atom stereocenters. The van der Waals surface area contributed by atoms with Crippen molar-refractivity contribution in [2.45, 2.75) is 33.4 Å². The summed E-state index contributed by atoms with van der Waals surface area (Å²) in [5, 5.41) is 3.72. The largest absolute Gasteiger partial charge is 0.378 e. The zero-order chi connectivity index (χ0) is 17.4. The summed E-state index contributed by atoms with van der Waals surface area (Å²) in [4.78, 5) is 29.7. The minimum Gasteiger partial charge on any atom is -0.378 e. The quantitative estimate of drug-likeness (QED) is 0.721. The number of hydrogen-bond donors (Lipinski definition) is 1. The van der Waals surface area contributed by atoms with Crippen molar-refractivity contribution in [3.05, 3.63) is 50.4 Å². The molecule has 3 rings (SSSR count). The molecule has 2 aromatic heterocycles. The molecule has 0 spiro atoms. The van der Waals surface area contributed by atoms with Gasteiger partial charge in [0.15, 0.2) is 0 Å². The number of ether oxygens (including phenoxy) is 1. The van der Waals surface area contributed by atoms with E-state index in [9.17, 15) is 9.59 Å². The Hall–Kier alpha value is -2.25. The van der Waals surface area contributed by atoms with E-state index in [2.05, 4.69) is 10.1 Å². The van der Waals surface area contributed by atoms with Crippen LogP contribution >= 0.6 is 11.3 Å². The SMILES string of the molecule is COCc1nc2c(C)c(C(=O)c3c[nH]n(C(C)C)c3=O)ccc2s1. The highest BCUT2D eigenvalue weighted by Crippen LogP contribution is 2.28. The van der Waals surface area contributed by atoms with Crippen LogP contribution in [0.25, 0.3) is 10.2 Å². The molecule has 126 valence electrons. The summed E-state index contributed by atoms with van der Waals surface area (Å²) in [6.45, 7) is 6.07. The number of aromatic amines is 1. The summed E-state index contributed by atoms with van der Waals surface area (Å²) >= 11 is 1.54. The number of nitrogens with zero attached hydrogens (tertiary/aromatic N) is 2. The Morgan fingerprint density at radius 2 is 2.12 bits per heavy atom. The van der Waals surface area contributed by atoms with Gasteiger partial charge in [0.2, 0.25) is 5.78 Å². The first-order valence-corrected chi connectivity index (χ1v) is 8.48. The molecule has 7 heteroatoms. The predicted octanol–water partition coefficient (Wildman–Crippen LogP) is 3.05. The molecule has 0 bridgehead atoms. The maximum atomic E-state index is 12.8. The number of rotatable bonds is 5. The Morgan fingerprint density at radius 3 is 2.75 bits per heavy atom. The number of hydrogen-bond acceptors (Lipinski definition) is 5. The molecular formula is C17H19N3O3S. The van der Waals surface area contributed by atoms with Crippen LogP contribution in [0.5, 0.6) is 0 Å². The molecule has 0 saturated heterocycles. The third-order valence-corrected chi connectivity index (χ3v) is 4.92. The summed E-state index contributed by atoms with van der Waals surface area (Å²) in [6.07, 6.45) is 1.48. The standard InChI is InChI=1S/C17H19N3O3S/c1-9(2)20-17(22)12(7-18-20)16(21)11-5-6-13-15(10(11)3)19-14(24-13)8-23-4/h5-7,9,18H,8H2,1-4H3. The highest BCUT2D eigenvalue weighted by molar-refractivity contribution is 7.18. The highest BCUT2D eigenvalue weighted by atomic mass is 32.1. The number of thiazole rings is 1. The van der Waals surface area contributed by atoms with Gasteiger partial charge in [0.05, 0.1) is 16.8 Å². The van der Waals surface area contributed by atoms with E-state index in [-0.39, 0.29) is 22.9 Å². The number of fused-ring (bicyclic) bond motifs is 1. The molecule has 0 fully saturated rings. The first-order chi connectivity index (χ1) is 11.4. The summed E-state index contributed by atoms with van der Waals surface area (Å²) in [5.41, 5.74) is 1.93. The van der Waals surface area contributed by atoms with Gasteiger partial charge in [0.25, 0.3) is 5.56 Å². The van der Waals surface area contributed by atoms with Gasteiger partial charge in [0.1, 0.15) is 10.6 Å². The van der Waals surface area contributed by atoms with Crippen molar-refractivity contribution < 1.29 is 9.53 Å². The zero-order valence-electron chi connectivity index (χ0n) is 14.0. The van der Waals surface area contributed by atoms with Crippen molar-refractivity contribution in [3.8, 4) is 0 Å². The maximum absolute atomic E-state index is 12.8. The van der Waals surface area contributed by atoms with Crippen LogP contribution in [0.3, 0.4) is 0 Å². The molecular weight excluding hydrogens is 326 g/mol. The zero-order valence-corrected chi connectivity index (χ0v) is 14.9. The fourth-order valence-corrected chi connectivity index (χ4v) is 3.68. The lowest BCUT2D eigenvalue weighted by Crippen LogP contribution is -2.23. The third-order valence-electron chi connectivity index (χ3n) is 3.93. The van der Waals surface area contributed by atoms with Gasteiger partial charge < -0.3 is 9.84 Å². The van der Waals surface area contributed by atoms with Crippen molar-refractivity contribution in [3.63, 3.8) is 0 Å². The van der Waals surface area contributed by atoms with Crippen molar-refractivity contribution in [1.29, 1.82) is 0 Å². The first-order valence-electron chi connectivity index (χ1n) is 7.66. The number of methoxy groups -OCH3 is 1. The first kappa shape index (κ1) is 16.6. The molecule has 0 aliphatic carbocycles. The van der Waals surface area contributed by atoms with E-state index in [0.717, 1.165) is 20.8 Å². The van der Waals surface area contributed by atoms with Gasteiger partial charge in [-0.1, -0.05) is 0 Å². The van der Waals surface area contributed by atoms with Crippen LogP contribution in [-0.2, 0) is 11.3 Å². The Kier molecular flexibility index (Phi) is 4.38. The van der Waals surface area contributed by atoms with Crippen LogP contribution < -0.4 is 5.56 Å². The van der Waals surface area contributed by atoms with Crippen molar-refractivity contribution in [1.82, 2.24) is 14.8 Å². The van der Waals surface area contributed by atoms with Crippen molar-refractivity contribution >= 4 is 27.3 Å². The average Bonchev–Trinajstić information content (AvgIpc) is 3.11. The molecule has 0 saturated carbocycles. The second kappa shape index (κ2) is 6.33. The topological polar surface area (TPSA) is 77.0 Å². The second-order valence-electron chi connectivity index (χ2n) is 5.91. The average molecular weight is 345 g/mol. The van der Waals surface area contributed by atoms with Crippen LogP contribution in [0.4, 0.5) is 0 Å². The van der Waals surface area contributed by atoms with Crippen LogP contribution in [0.15, 0.2) is 23.1 Å². The van der Waals surface area contributed by atoms with Crippen LogP contribution in [0, 0.1) is 6.92 Å². The van der Waals surface area contributed by atoms with E-state index in [0.29, 0.717) is 12.2 Å². The van der Waals surface area contributed by atoms with Gasteiger partial charge in [-0.2, -0.15) is 0 Å². The lowest BCUT2D eigenvalue weighted by Gasteiger charge is -2.05. The van der Waals surface area contributed by atoms with E-state index in [4.69, 9.17) is 4.74 Å². The molecule has 3 aromatic rings. The predicted molar refractivity (Wildman–Crippen MR) is 93.9 cm³/mol. The molecule has 0 unspecified atom stereocenters. The van der Waals surface area contributed by atoms with Gasteiger partial charge in [-0.15, -0.1) is 11.3 Å². The Labute approximate surface area is 143 Å². The Bertz CT molecular complexity index is 965. The Balaban J connectivity index is 2.07. The number of ketones is 1. The number of aromatic nitrogens is 3. The molecule has 2 heterocycles. The van der Waals surface area contributed by atoms with Crippen LogP contribution in [0.1, 0.15) is 46.4 Å². The van der Waals surface area contributed by atoms with Gasteiger partial charge in [-0.3, -0.25) is 14.3 Å². The molecule has 1 N–H and O–H groups in total. The van der Waals surface area contributed by atoms with Crippen molar-refractivity contribution in [2.24, 2.45) is 0 Å². The normalized spacial score (nSPS) is 11.5. The van der Waals surface area contributed by atoms with E-state index in [1.807, 2.05) is 26.8 Å². The van der Waals surface area contributed by atoms with E-state index in [1.165, 1.54) is 10.9 Å². The van der Waals surface area contributed by atoms with Gasteiger partial charge in [0, 0.05) is 24.9 Å². The fraction of sp³-hybridized carbons (Fsp3) is 0.353. The number of nitrogens with one attached hydrogen (secondary N) is 1. The van der Waals surface area contributed by atoms with Gasteiger partial charge in [-0.05, 0) is 38.5 Å². The molecule has 1 aromatic carbocycles. The molecule has 0 amide bonds. The highest BCUT2D eigenvalue weighted by Gasteiger charge is 2.21. The van der Waals surface area contributed by atoms with Crippen molar-refractivity contribution in [2.75, 3.05) is 7.11 Å². The van der Waals surface area contributed by atoms with Crippen LogP contribution in [-0.4, -0.2) is 27.7 Å². The minimum absolute atomic E-state index is 0.0298. The maximum Gasteiger partial charge on any atom is 0.277 e. The molecule has 0 aliphatic rings. The molecule has 6 nitrogen and oxygen atoms in total. The van der Waals surface area contributed by atoms with Crippen LogP contribution in [0.2, 0.25) is 0 Å². The number of aryl methyl sites for hydroxylation is 1. The second-order valence-corrected chi connectivity index (χ2v) is 7.03. The smallest absolute Gasteiger partial charge is 0.277 e. The fourth-order valence-electron chi connectivity index (χ4n) is 2.68. The van der Waals surface area contributed by atoms with E-state index in [1.54, 1.807) is 24.5 Å². The molecule has 24 heavy (non-hydrogen) atoms. The number of benzene rings is 1. The van der Waals surface area contributed by atoms with E-state index >= 15 is 0 Å². The number of H-pyrrole nitrogens is 1. The summed E-state index contributed by atoms with van der Waals surface area (Å²) < 4.78 is 7.57. The van der Waals surface area contributed by atoms with E-state index < -0.39 is 0 Å². The molecule has 0 radical (unpaired) electrons. The number of carbonyl (C=O) groups excluding carboxylic acids is 1. The number of carbonyl (C=O) groups is 1. The summed E-state index contributed by atoms with van der Waals surface area (Å²) in [6, 6.07) is 3.61. The lowest BCUT2D eigenvalue weighted by molar-refractivity contribution is 0.103. The Morgan fingerprint density at radius 1 is 1.38 bits per heavy atom. The summed E-state index contributed by atoms with van der Waals surface area (Å²) in [5.74, 6) is -0.281. The van der Waals surface area contributed by atoms with Gasteiger partial charge in [-0.25, -0.2) is 4.98 Å². The van der Waals surface area contributed by atoms with Gasteiger partial charge >= 0.3 is 0 Å². The summed E-state index contributed by atoms with van der Waals surface area (Å²) in [7, 11) is 1.62. The lowest BCUT2D eigenvalue weighted by atomic mass is 10.0. The minimum atomic E-state index is -0.298. The molecule has 0 aliphatic heterocycles.